The van der Waals surface area contributed by atoms with Crippen LogP contribution in [0.2, 0.25) is 0 Å². The number of hydrogen-bond donors (Lipinski definition) is 3. The Morgan fingerprint density at radius 1 is 1.27 bits per heavy atom. The Labute approximate surface area is 191 Å². The number of nitrogens with zero attached hydrogens (tertiary/aromatic N) is 2. The fourth-order valence-corrected chi connectivity index (χ4v) is 5.46. The molecule has 2 aromatic rings. The molecule has 182 valence electrons. The third-order valence-corrected chi connectivity index (χ3v) is 7.27. The van der Waals surface area contributed by atoms with E-state index >= 15 is 0 Å². The number of aryl methyl sites for hydroxylation is 1. The van der Waals surface area contributed by atoms with Crippen molar-refractivity contribution >= 4 is 21.7 Å². The molecule has 2 unspecified atom stereocenters. The molecule has 0 saturated heterocycles. The van der Waals surface area contributed by atoms with Gasteiger partial charge < -0.3 is 10.4 Å². The lowest BCUT2D eigenvalue weighted by molar-refractivity contribution is -0.139. The zero-order chi connectivity index (χ0) is 24.6. The maximum atomic E-state index is 13.6. The summed E-state index contributed by atoms with van der Waals surface area (Å²) >= 11 is 0. The predicted octanol–water partition coefficient (Wildman–Crippen LogP) is 4.64. The highest BCUT2D eigenvalue weighted by Gasteiger charge is 2.40. The Hall–Kier alpha value is -2.24. The Bertz CT molecular complexity index is 1120. The smallest absolute Gasteiger partial charge is 0.390 e. The quantitative estimate of drug-likeness (QED) is 0.549. The number of rotatable bonds is 6. The molecule has 1 fully saturated rings. The number of alkyl halides is 3. The van der Waals surface area contributed by atoms with Gasteiger partial charge in [-0.05, 0) is 77.1 Å². The van der Waals surface area contributed by atoms with E-state index < -0.39 is 33.3 Å². The van der Waals surface area contributed by atoms with Crippen molar-refractivity contribution in [1.29, 1.82) is 0 Å². The monoisotopic (exact) mass is 486 g/mol. The number of hydrogen-bond acceptors (Lipinski definition) is 6. The summed E-state index contributed by atoms with van der Waals surface area (Å²) < 4.78 is 68.2. The van der Waals surface area contributed by atoms with Crippen molar-refractivity contribution in [2.75, 3.05) is 5.32 Å². The second-order valence-corrected chi connectivity index (χ2v) is 10.9. The third kappa shape index (κ3) is 6.21. The summed E-state index contributed by atoms with van der Waals surface area (Å²) in [5.74, 6) is -0.577. The van der Waals surface area contributed by atoms with Gasteiger partial charge in [-0.1, -0.05) is 0 Å². The first kappa shape index (κ1) is 25.4. The molecule has 1 heterocycles. The molecule has 1 aliphatic carbocycles. The van der Waals surface area contributed by atoms with E-state index in [1.807, 2.05) is 0 Å². The highest BCUT2D eigenvalue weighted by atomic mass is 32.2. The maximum absolute atomic E-state index is 13.6. The van der Waals surface area contributed by atoms with Gasteiger partial charge >= 0.3 is 6.18 Å². The van der Waals surface area contributed by atoms with Crippen molar-refractivity contribution in [2.45, 2.75) is 82.0 Å². The molecule has 0 spiro atoms. The summed E-state index contributed by atoms with van der Waals surface area (Å²) in [6, 6.07) is 4.13. The maximum Gasteiger partial charge on any atom is 0.419 e. The van der Waals surface area contributed by atoms with E-state index in [4.69, 9.17) is 0 Å². The van der Waals surface area contributed by atoms with E-state index in [-0.39, 0.29) is 29.0 Å². The number of aliphatic hydroxyl groups is 1. The Morgan fingerprint density at radius 2 is 1.97 bits per heavy atom. The Balaban J connectivity index is 1.93. The molecule has 7 nitrogen and oxygen atoms in total. The van der Waals surface area contributed by atoms with E-state index in [2.05, 4.69) is 20.0 Å². The molecular weight excluding hydrogens is 457 g/mol. The average molecular weight is 487 g/mol. The van der Waals surface area contributed by atoms with Crippen molar-refractivity contribution in [3.63, 3.8) is 0 Å². The molecule has 11 heteroatoms. The van der Waals surface area contributed by atoms with Crippen molar-refractivity contribution in [3.05, 3.63) is 41.2 Å². The van der Waals surface area contributed by atoms with E-state index in [0.717, 1.165) is 6.20 Å². The molecule has 3 N–H and O–H groups in total. The van der Waals surface area contributed by atoms with E-state index in [9.17, 15) is 26.7 Å². The summed E-state index contributed by atoms with van der Waals surface area (Å²) in [5.41, 5.74) is -1.06. The Morgan fingerprint density at radius 3 is 2.55 bits per heavy atom. The zero-order valence-corrected chi connectivity index (χ0v) is 19.8. The van der Waals surface area contributed by atoms with Crippen LogP contribution in [0.3, 0.4) is 0 Å². The van der Waals surface area contributed by atoms with Crippen LogP contribution in [0.25, 0.3) is 0 Å². The van der Waals surface area contributed by atoms with Gasteiger partial charge in [0.05, 0.1) is 21.8 Å². The van der Waals surface area contributed by atoms with Gasteiger partial charge in [-0.15, -0.1) is 0 Å². The highest BCUT2D eigenvalue weighted by molar-refractivity contribution is 7.89. The van der Waals surface area contributed by atoms with Crippen molar-refractivity contribution in [2.24, 2.45) is 0 Å². The average Bonchev–Trinajstić information content (AvgIpc) is 2.67. The van der Waals surface area contributed by atoms with Gasteiger partial charge in [0, 0.05) is 23.8 Å². The fraction of sp³-hybridized carbons (Fsp3) is 0.545. The lowest BCUT2D eigenvalue weighted by Gasteiger charge is -2.34. The van der Waals surface area contributed by atoms with Gasteiger partial charge in [0.25, 0.3) is 0 Å². The number of anilines is 2. The molecule has 0 radical (unpaired) electrons. The van der Waals surface area contributed by atoms with Gasteiger partial charge in [-0.2, -0.15) is 13.2 Å². The molecule has 0 aliphatic heterocycles. The largest absolute Gasteiger partial charge is 0.419 e. The number of aromatic nitrogens is 2. The first-order chi connectivity index (χ1) is 15.2. The lowest BCUT2D eigenvalue weighted by atomic mass is 9.77. The molecule has 1 saturated carbocycles. The third-order valence-electron chi connectivity index (χ3n) is 5.61. The molecule has 1 aromatic carbocycles. The van der Waals surface area contributed by atoms with Crippen LogP contribution in [-0.4, -0.2) is 35.1 Å². The van der Waals surface area contributed by atoms with Gasteiger partial charge in [-0.25, -0.2) is 23.1 Å². The molecule has 1 aliphatic rings. The van der Waals surface area contributed by atoms with E-state index in [1.165, 1.54) is 18.2 Å². The fourth-order valence-electron chi connectivity index (χ4n) is 4.12. The number of benzene rings is 1. The number of sulfonamides is 1. The summed E-state index contributed by atoms with van der Waals surface area (Å²) in [6.45, 7) is 6.73. The summed E-state index contributed by atoms with van der Waals surface area (Å²) in [6.07, 6.45) is -2.06. The van der Waals surface area contributed by atoms with Crippen LogP contribution >= 0.6 is 0 Å². The van der Waals surface area contributed by atoms with Crippen LogP contribution in [0.4, 0.5) is 24.8 Å². The standard InChI is InChI=1S/C22H29F3N4O3S/c1-13(2)29-33(31,32)16-7-8-18(14(3)10-16)27-20-26-12-17(22(23,24)25)19(28-20)15-6-5-9-21(4,30)11-15/h7-8,10,12-13,15,29-30H,5-6,9,11H2,1-4H3,(H,26,27,28). The van der Waals surface area contributed by atoms with Crippen LogP contribution < -0.4 is 10.0 Å². The van der Waals surface area contributed by atoms with Gasteiger partial charge in [0.1, 0.15) is 0 Å². The van der Waals surface area contributed by atoms with E-state index in [0.29, 0.717) is 30.5 Å². The summed E-state index contributed by atoms with van der Waals surface area (Å²) in [4.78, 5) is 8.12. The molecule has 0 amide bonds. The van der Waals surface area contributed by atoms with E-state index in [1.54, 1.807) is 27.7 Å². The van der Waals surface area contributed by atoms with Crippen LogP contribution in [0, 0.1) is 6.92 Å². The first-order valence-corrected chi connectivity index (χ1v) is 12.2. The first-order valence-electron chi connectivity index (χ1n) is 10.7. The van der Waals surface area contributed by atoms with Crippen molar-refractivity contribution in [1.82, 2.24) is 14.7 Å². The van der Waals surface area contributed by atoms with Crippen LogP contribution in [-0.2, 0) is 16.2 Å². The minimum atomic E-state index is -4.62. The minimum absolute atomic E-state index is 0.0257. The zero-order valence-electron chi connectivity index (χ0n) is 19.0. The predicted molar refractivity (Wildman–Crippen MR) is 119 cm³/mol. The van der Waals surface area contributed by atoms with Gasteiger partial charge in [0.2, 0.25) is 16.0 Å². The molecule has 2 atom stereocenters. The van der Waals surface area contributed by atoms with Crippen LogP contribution in [0.1, 0.15) is 69.2 Å². The second-order valence-electron chi connectivity index (χ2n) is 9.16. The van der Waals surface area contributed by atoms with Gasteiger partial charge in [0.15, 0.2) is 0 Å². The van der Waals surface area contributed by atoms with Crippen molar-refractivity contribution in [3.8, 4) is 0 Å². The molecular formula is C22H29F3N4O3S. The summed E-state index contributed by atoms with van der Waals surface area (Å²) in [7, 11) is -3.68. The molecule has 33 heavy (non-hydrogen) atoms. The van der Waals surface area contributed by atoms with Gasteiger partial charge in [-0.3, -0.25) is 0 Å². The number of nitrogens with one attached hydrogen (secondary N) is 2. The molecule has 0 bridgehead atoms. The normalized spacial score (nSPS) is 21.9. The second kappa shape index (κ2) is 9.19. The van der Waals surface area contributed by atoms with Crippen LogP contribution in [0.5, 0.6) is 0 Å². The van der Waals surface area contributed by atoms with Crippen LogP contribution in [0.15, 0.2) is 29.3 Å². The number of halogens is 3. The minimum Gasteiger partial charge on any atom is -0.390 e. The summed E-state index contributed by atoms with van der Waals surface area (Å²) in [5, 5.41) is 13.3. The SMILES string of the molecule is Cc1cc(S(=O)(=O)NC(C)C)ccc1Nc1ncc(C(F)(F)F)c(C2CCCC(C)(O)C2)n1. The highest BCUT2D eigenvalue weighted by Crippen LogP contribution is 2.42. The van der Waals surface area contributed by atoms with Crippen molar-refractivity contribution < 1.29 is 26.7 Å². The Kier molecular flexibility index (Phi) is 7.07. The molecule has 3 rings (SSSR count). The lowest BCUT2D eigenvalue weighted by Crippen LogP contribution is -2.32. The topological polar surface area (TPSA) is 104 Å². The molecule has 1 aromatic heterocycles.